The van der Waals surface area contributed by atoms with Gasteiger partial charge < -0.3 is 59.4 Å². The molecule has 7 N–H and O–H groups in total. The largest absolute Gasteiger partial charge is 0.508 e. The van der Waals surface area contributed by atoms with Crippen LogP contribution in [0.3, 0.4) is 0 Å². The lowest BCUT2D eigenvalue weighted by Crippen LogP contribution is -2.63. The van der Waals surface area contributed by atoms with E-state index < -0.39 is 73.3 Å². The van der Waals surface area contributed by atoms with Crippen LogP contribution in [0.5, 0.6) is 23.0 Å². The van der Waals surface area contributed by atoms with Gasteiger partial charge in [-0.3, -0.25) is 4.79 Å². The maximum Gasteiger partial charge on any atom is 0.229 e. The molecule has 0 amide bonds. The van der Waals surface area contributed by atoms with Gasteiger partial charge in [-0.2, -0.15) is 0 Å². The number of rotatable bonds is 5. The minimum Gasteiger partial charge on any atom is -0.508 e. The summed E-state index contributed by atoms with van der Waals surface area (Å²) in [6.07, 6.45) is -14.7. The molecular weight excluding hydrogens is 532 g/mol. The van der Waals surface area contributed by atoms with E-state index in [2.05, 4.69) is 0 Å². The highest BCUT2D eigenvalue weighted by Gasteiger charge is 2.50. The van der Waals surface area contributed by atoms with E-state index in [0.29, 0.717) is 5.56 Å². The van der Waals surface area contributed by atoms with Crippen molar-refractivity contribution < 1.29 is 64.2 Å². The molecule has 0 aliphatic carbocycles. The summed E-state index contributed by atoms with van der Waals surface area (Å²) in [7, 11) is 0. The summed E-state index contributed by atoms with van der Waals surface area (Å²) in [4.78, 5) is 12.8. The second-order valence-electron chi connectivity index (χ2n) is 10.2. The van der Waals surface area contributed by atoms with E-state index in [4.69, 9.17) is 23.7 Å². The first-order valence-corrected chi connectivity index (χ1v) is 12.8. The summed E-state index contributed by atoms with van der Waals surface area (Å²) < 4.78 is 28.8. The monoisotopic (exact) mass is 564 g/mol. The van der Waals surface area contributed by atoms with E-state index in [1.165, 1.54) is 32.0 Å². The third-order valence-corrected chi connectivity index (χ3v) is 7.37. The smallest absolute Gasteiger partial charge is 0.229 e. The summed E-state index contributed by atoms with van der Waals surface area (Å²) in [5, 5.41) is 71.9. The molecule has 2 fully saturated rings. The number of aromatic hydroxyl groups is 2. The van der Waals surface area contributed by atoms with E-state index in [1.807, 2.05) is 0 Å². The quantitative estimate of drug-likeness (QED) is 0.253. The van der Waals surface area contributed by atoms with Crippen molar-refractivity contribution in [1.29, 1.82) is 0 Å². The highest BCUT2D eigenvalue weighted by atomic mass is 16.8. The molecule has 0 saturated carbocycles. The fourth-order valence-corrected chi connectivity index (χ4v) is 5.01. The van der Waals surface area contributed by atoms with Gasteiger partial charge in [-0.05, 0) is 31.5 Å². The van der Waals surface area contributed by atoms with Crippen LogP contribution >= 0.6 is 0 Å². The van der Waals surface area contributed by atoms with Gasteiger partial charge in [0.05, 0.1) is 18.6 Å². The number of hydrogen-bond donors (Lipinski definition) is 7. The molecule has 5 rings (SSSR count). The Bertz CT molecular complexity index is 1220. The van der Waals surface area contributed by atoms with Crippen LogP contribution in [-0.4, -0.2) is 103 Å². The average Bonchev–Trinajstić information content (AvgIpc) is 2.91. The van der Waals surface area contributed by atoms with Crippen molar-refractivity contribution in [2.45, 2.75) is 87.8 Å². The van der Waals surface area contributed by atoms with Gasteiger partial charge in [-0.15, -0.1) is 0 Å². The second kappa shape index (κ2) is 11.1. The third-order valence-electron chi connectivity index (χ3n) is 7.37. The summed E-state index contributed by atoms with van der Waals surface area (Å²) >= 11 is 0. The lowest BCUT2D eigenvalue weighted by Gasteiger charge is -2.45. The zero-order chi connectivity index (χ0) is 28.9. The molecule has 0 radical (unpaired) electrons. The van der Waals surface area contributed by atoms with E-state index in [1.54, 1.807) is 12.1 Å². The first-order valence-electron chi connectivity index (χ1n) is 12.8. The van der Waals surface area contributed by atoms with Gasteiger partial charge in [0, 0.05) is 12.1 Å². The summed E-state index contributed by atoms with van der Waals surface area (Å²) in [6, 6.07) is 8.68. The zero-order valence-electron chi connectivity index (χ0n) is 21.6. The van der Waals surface area contributed by atoms with Crippen molar-refractivity contribution in [3.63, 3.8) is 0 Å². The van der Waals surface area contributed by atoms with Gasteiger partial charge in [-0.25, -0.2) is 0 Å². The molecule has 2 aromatic rings. The Labute approximate surface area is 228 Å². The average molecular weight is 565 g/mol. The molecule has 40 heavy (non-hydrogen) atoms. The summed E-state index contributed by atoms with van der Waals surface area (Å²) in [6.45, 7) is 2.94. The maximum absolute atomic E-state index is 12.8. The lowest BCUT2D eigenvalue weighted by atomic mass is 9.95. The number of Topliss-reactive ketones (excluding diaryl/α,β-unsaturated/α-hetero) is 1. The van der Waals surface area contributed by atoms with Crippen molar-refractivity contribution in [2.24, 2.45) is 0 Å². The number of aliphatic hydroxyl groups excluding tert-OH is 5. The Balaban J connectivity index is 1.40. The van der Waals surface area contributed by atoms with Gasteiger partial charge >= 0.3 is 0 Å². The Morgan fingerprint density at radius 3 is 2.10 bits per heavy atom. The first kappa shape index (κ1) is 28.5. The molecular formula is C27H32O13. The predicted octanol–water partition coefficient (Wildman–Crippen LogP) is -0.138. The Morgan fingerprint density at radius 1 is 0.800 bits per heavy atom. The van der Waals surface area contributed by atoms with Crippen LogP contribution in [0, 0.1) is 0 Å². The van der Waals surface area contributed by atoms with Crippen molar-refractivity contribution in [2.75, 3.05) is 0 Å². The van der Waals surface area contributed by atoms with Crippen LogP contribution in [-0.2, 0) is 14.2 Å². The highest BCUT2D eigenvalue weighted by Crippen LogP contribution is 2.43. The van der Waals surface area contributed by atoms with Crippen LogP contribution in [0.15, 0.2) is 36.4 Å². The first-order chi connectivity index (χ1) is 18.9. The molecule has 3 aliphatic rings. The number of benzene rings is 2. The molecule has 3 heterocycles. The van der Waals surface area contributed by atoms with Gasteiger partial charge in [0.2, 0.25) is 6.29 Å². The number of ether oxygens (including phenoxy) is 5. The topological polar surface area (TPSA) is 205 Å². The summed E-state index contributed by atoms with van der Waals surface area (Å²) in [5.74, 6) is -0.733. The molecule has 1 unspecified atom stereocenters. The van der Waals surface area contributed by atoms with E-state index in [-0.39, 0.29) is 35.0 Å². The highest BCUT2D eigenvalue weighted by molar-refractivity contribution is 6.02. The van der Waals surface area contributed by atoms with E-state index >= 15 is 0 Å². The lowest BCUT2D eigenvalue weighted by molar-refractivity contribution is -0.352. The summed E-state index contributed by atoms with van der Waals surface area (Å²) in [5.41, 5.74) is 0.592. The predicted molar refractivity (Wildman–Crippen MR) is 133 cm³/mol. The van der Waals surface area contributed by atoms with Crippen molar-refractivity contribution >= 4 is 5.78 Å². The number of carbonyl (C=O) groups excluding carboxylic acids is 1. The van der Waals surface area contributed by atoms with Crippen molar-refractivity contribution in [1.82, 2.24) is 0 Å². The minimum atomic E-state index is -1.69. The molecule has 13 nitrogen and oxygen atoms in total. The van der Waals surface area contributed by atoms with Crippen molar-refractivity contribution in [3.8, 4) is 23.0 Å². The number of fused-ring (bicyclic) bond motifs is 1. The molecule has 218 valence electrons. The zero-order valence-corrected chi connectivity index (χ0v) is 21.6. The number of carbonyl (C=O) groups is 1. The molecule has 2 saturated heterocycles. The number of hydrogen-bond acceptors (Lipinski definition) is 13. The van der Waals surface area contributed by atoms with Crippen LogP contribution in [0.25, 0.3) is 0 Å². The van der Waals surface area contributed by atoms with Crippen LogP contribution in [0.2, 0.25) is 0 Å². The number of phenolic OH excluding ortho intramolecular Hbond substituents is 2. The second-order valence-corrected chi connectivity index (χ2v) is 10.2. The maximum atomic E-state index is 12.8. The Kier molecular flexibility index (Phi) is 7.92. The standard InChI is InChI=1S/C27H32O13/c1-10-20(31)22(33)24(35)26(36-10)40-25-23(34)21(32)11(2)37-27(25)38-14-7-15(29)19-16(30)9-17(39-18(19)8-14)12-3-5-13(28)6-4-12/h3-8,10-11,17,20-29,31-35H,9H2,1-2H3/t10-,11-,17?,20-,21-,22+,23+,24+,25-,26-,27+/m0/s1. The number of aliphatic hydroxyl groups is 5. The normalized spacial score (nSPS) is 37.9. The van der Waals surface area contributed by atoms with Gasteiger partial charge in [-0.1, -0.05) is 12.1 Å². The number of ketones is 1. The molecule has 3 aliphatic heterocycles. The van der Waals surface area contributed by atoms with Gasteiger partial charge in [0.25, 0.3) is 0 Å². The van der Waals surface area contributed by atoms with Crippen LogP contribution in [0.1, 0.15) is 42.3 Å². The fourth-order valence-electron chi connectivity index (χ4n) is 5.01. The van der Waals surface area contributed by atoms with Gasteiger partial charge in [0.1, 0.15) is 65.2 Å². The molecule has 0 aromatic heterocycles. The Hall–Kier alpha value is -3.01. The van der Waals surface area contributed by atoms with Gasteiger partial charge in [0.15, 0.2) is 18.2 Å². The SMILES string of the molecule is C[C@@H]1O[C@@H](O[C@@H]2[C@@H](Oc3cc(O)c4c(c3)OC(c3ccc(O)cc3)CC4=O)O[C@@H](C)[C@H](O)[C@H]2O)[C@H](O)[C@H](O)[C@H]1O. The van der Waals surface area contributed by atoms with Crippen LogP contribution < -0.4 is 9.47 Å². The molecule has 13 heteroatoms. The molecule has 0 spiro atoms. The molecule has 2 aromatic carbocycles. The van der Waals surface area contributed by atoms with Crippen molar-refractivity contribution in [3.05, 3.63) is 47.5 Å². The van der Waals surface area contributed by atoms with E-state index in [9.17, 15) is 40.5 Å². The fraction of sp³-hybridized carbons (Fsp3) is 0.519. The minimum absolute atomic E-state index is 0.0290. The van der Waals surface area contributed by atoms with E-state index in [0.717, 1.165) is 6.07 Å². The Morgan fingerprint density at radius 2 is 1.43 bits per heavy atom. The van der Waals surface area contributed by atoms with Crippen LogP contribution in [0.4, 0.5) is 0 Å². The molecule has 11 atom stereocenters. The molecule has 0 bridgehead atoms. The third kappa shape index (κ3) is 5.34. The number of phenols is 2.